The van der Waals surface area contributed by atoms with Crippen LogP contribution in [0.5, 0.6) is 0 Å². The molecule has 3 nitrogen and oxygen atoms in total. The first-order valence-corrected chi connectivity index (χ1v) is 4.95. The lowest BCUT2D eigenvalue weighted by molar-refractivity contribution is -0.307. The van der Waals surface area contributed by atoms with Gasteiger partial charge in [-0.15, -0.1) is 0 Å². The first-order valence-electron chi connectivity index (χ1n) is 4.95. The molecule has 0 spiro atoms. The molecule has 1 saturated heterocycles. The van der Waals surface area contributed by atoms with Gasteiger partial charge in [0.15, 0.2) is 5.60 Å². The summed E-state index contributed by atoms with van der Waals surface area (Å²) in [5.41, 5.74) is -2.83. The van der Waals surface area contributed by atoms with E-state index in [0.717, 1.165) is 7.11 Å². The number of amides is 1. The Labute approximate surface area is 92.5 Å². The summed E-state index contributed by atoms with van der Waals surface area (Å²) in [5, 5.41) is 0. The van der Waals surface area contributed by atoms with Crippen LogP contribution in [0.4, 0.5) is 13.2 Å². The van der Waals surface area contributed by atoms with E-state index in [0.29, 0.717) is 0 Å². The molecule has 0 aromatic rings. The molecule has 0 N–H and O–H groups in total. The molecule has 0 aliphatic carbocycles. The van der Waals surface area contributed by atoms with Crippen LogP contribution in [0.2, 0.25) is 0 Å². The number of ether oxygens (including phenoxy) is 1. The van der Waals surface area contributed by atoms with Crippen LogP contribution < -0.4 is 0 Å². The van der Waals surface area contributed by atoms with E-state index in [2.05, 4.69) is 4.74 Å². The van der Waals surface area contributed by atoms with Crippen molar-refractivity contribution < 1.29 is 22.7 Å². The maximum absolute atomic E-state index is 12.6. The minimum absolute atomic E-state index is 0.288. The van der Waals surface area contributed by atoms with Gasteiger partial charge in [-0.1, -0.05) is 20.8 Å². The highest BCUT2D eigenvalue weighted by atomic mass is 19.4. The second-order valence-corrected chi connectivity index (χ2v) is 5.11. The lowest BCUT2D eigenvalue weighted by Crippen LogP contribution is -2.72. The highest BCUT2D eigenvalue weighted by Gasteiger charge is 2.64. The van der Waals surface area contributed by atoms with E-state index in [1.165, 1.54) is 4.90 Å². The molecular weight excluding hydrogens is 223 g/mol. The van der Waals surface area contributed by atoms with Crippen LogP contribution in [0, 0.1) is 5.41 Å². The van der Waals surface area contributed by atoms with Crippen LogP contribution in [-0.2, 0) is 9.53 Å². The van der Waals surface area contributed by atoms with Crippen molar-refractivity contribution in [2.45, 2.75) is 32.5 Å². The van der Waals surface area contributed by atoms with Gasteiger partial charge in [-0.05, 0) is 0 Å². The van der Waals surface area contributed by atoms with Gasteiger partial charge >= 0.3 is 6.18 Å². The molecule has 1 aliphatic heterocycles. The van der Waals surface area contributed by atoms with Gasteiger partial charge in [0.25, 0.3) is 0 Å². The Kier molecular flexibility index (Phi) is 3.00. The van der Waals surface area contributed by atoms with Gasteiger partial charge in [0, 0.05) is 12.5 Å². The fraction of sp³-hybridized carbons (Fsp3) is 0.900. The number of carbonyl (C=O) groups is 1. The average molecular weight is 239 g/mol. The van der Waals surface area contributed by atoms with E-state index in [1.807, 2.05) is 0 Å². The summed E-state index contributed by atoms with van der Waals surface area (Å²) in [6.07, 6.45) is -4.43. The highest BCUT2D eigenvalue weighted by Crippen LogP contribution is 2.41. The van der Waals surface area contributed by atoms with Crippen molar-refractivity contribution in [1.82, 2.24) is 4.90 Å². The first-order chi connectivity index (χ1) is 7.03. The summed E-state index contributed by atoms with van der Waals surface area (Å²) < 4.78 is 42.4. The van der Waals surface area contributed by atoms with E-state index in [9.17, 15) is 18.0 Å². The minimum Gasteiger partial charge on any atom is -0.365 e. The molecule has 16 heavy (non-hydrogen) atoms. The molecule has 0 unspecified atom stereocenters. The van der Waals surface area contributed by atoms with Crippen LogP contribution in [0.15, 0.2) is 0 Å². The van der Waals surface area contributed by atoms with Crippen molar-refractivity contribution in [1.29, 1.82) is 0 Å². The Morgan fingerprint density at radius 1 is 1.25 bits per heavy atom. The van der Waals surface area contributed by atoms with Crippen molar-refractivity contribution in [3.8, 4) is 0 Å². The van der Waals surface area contributed by atoms with Crippen LogP contribution in [0.1, 0.15) is 20.8 Å². The summed E-state index contributed by atoms with van der Waals surface area (Å²) in [5.74, 6) is -0.288. The SMILES string of the molecule is COC1(C(F)(F)F)CN(C(=O)C(C)(C)C)C1. The lowest BCUT2D eigenvalue weighted by Gasteiger charge is -2.50. The van der Waals surface area contributed by atoms with Gasteiger partial charge in [-0.2, -0.15) is 13.2 Å². The summed E-state index contributed by atoms with van der Waals surface area (Å²) in [4.78, 5) is 12.9. The second kappa shape index (κ2) is 3.61. The van der Waals surface area contributed by atoms with Crippen molar-refractivity contribution in [3.05, 3.63) is 0 Å². The Morgan fingerprint density at radius 3 is 1.94 bits per heavy atom. The molecule has 0 atom stereocenters. The van der Waals surface area contributed by atoms with E-state index in [1.54, 1.807) is 20.8 Å². The highest BCUT2D eigenvalue weighted by molar-refractivity contribution is 5.82. The van der Waals surface area contributed by atoms with Gasteiger partial charge in [0.05, 0.1) is 13.1 Å². The molecule has 1 fully saturated rings. The fourth-order valence-corrected chi connectivity index (χ4v) is 1.61. The Bertz CT molecular complexity index is 287. The van der Waals surface area contributed by atoms with Crippen molar-refractivity contribution >= 4 is 5.91 Å². The van der Waals surface area contributed by atoms with Gasteiger partial charge in [-0.25, -0.2) is 0 Å². The predicted octanol–water partition coefficient (Wildman–Crippen LogP) is 1.82. The molecule has 6 heteroatoms. The number of nitrogens with zero attached hydrogens (tertiary/aromatic N) is 1. The molecule has 1 amide bonds. The summed E-state index contributed by atoms with van der Waals surface area (Å²) in [6.45, 7) is 4.20. The third kappa shape index (κ3) is 2.03. The molecule has 0 bridgehead atoms. The van der Waals surface area contributed by atoms with Crippen LogP contribution in [0.25, 0.3) is 0 Å². The zero-order valence-corrected chi connectivity index (χ0v) is 9.81. The topological polar surface area (TPSA) is 29.5 Å². The number of hydrogen-bond acceptors (Lipinski definition) is 2. The minimum atomic E-state index is -4.43. The van der Waals surface area contributed by atoms with E-state index in [-0.39, 0.29) is 5.91 Å². The number of likely N-dealkylation sites (tertiary alicyclic amines) is 1. The predicted molar refractivity (Wildman–Crippen MR) is 51.8 cm³/mol. The quantitative estimate of drug-likeness (QED) is 0.698. The van der Waals surface area contributed by atoms with Crippen molar-refractivity contribution in [2.24, 2.45) is 5.41 Å². The smallest absolute Gasteiger partial charge is 0.365 e. The van der Waals surface area contributed by atoms with Crippen LogP contribution in [-0.4, -0.2) is 42.8 Å². The molecular formula is C10H16F3NO2. The van der Waals surface area contributed by atoms with E-state index >= 15 is 0 Å². The van der Waals surface area contributed by atoms with Gasteiger partial charge < -0.3 is 9.64 Å². The number of alkyl halides is 3. The maximum Gasteiger partial charge on any atom is 0.420 e. The summed E-state index contributed by atoms with van der Waals surface area (Å²) in [6, 6.07) is 0. The molecule has 0 aromatic heterocycles. The Balaban J connectivity index is 2.70. The zero-order valence-electron chi connectivity index (χ0n) is 9.81. The lowest BCUT2D eigenvalue weighted by atomic mass is 9.87. The average Bonchev–Trinajstić information content (AvgIpc) is 1.98. The number of hydrogen-bond donors (Lipinski definition) is 0. The van der Waals surface area contributed by atoms with E-state index in [4.69, 9.17) is 0 Å². The molecule has 94 valence electrons. The Hall–Kier alpha value is -0.780. The zero-order chi connectivity index (χ0) is 12.8. The fourth-order valence-electron chi connectivity index (χ4n) is 1.61. The summed E-state index contributed by atoms with van der Waals surface area (Å²) in [7, 11) is 1.02. The number of halogens is 3. The third-order valence-corrected chi connectivity index (χ3v) is 2.73. The van der Waals surface area contributed by atoms with Crippen molar-refractivity contribution in [3.63, 3.8) is 0 Å². The monoisotopic (exact) mass is 239 g/mol. The van der Waals surface area contributed by atoms with Gasteiger partial charge in [-0.3, -0.25) is 4.79 Å². The molecule has 1 aliphatic rings. The van der Waals surface area contributed by atoms with Crippen LogP contribution in [0.3, 0.4) is 0 Å². The summed E-state index contributed by atoms with van der Waals surface area (Å²) >= 11 is 0. The number of carbonyl (C=O) groups excluding carboxylic acids is 1. The van der Waals surface area contributed by atoms with Gasteiger partial charge in [0.1, 0.15) is 0 Å². The van der Waals surface area contributed by atoms with Crippen molar-refractivity contribution in [2.75, 3.05) is 20.2 Å². The molecule has 0 saturated carbocycles. The third-order valence-electron chi connectivity index (χ3n) is 2.73. The van der Waals surface area contributed by atoms with Gasteiger partial charge in [0.2, 0.25) is 5.91 Å². The molecule has 0 radical (unpaired) electrons. The van der Waals surface area contributed by atoms with Crippen LogP contribution >= 0.6 is 0 Å². The largest absolute Gasteiger partial charge is 0.420 e. The molecule has 1 heterocycles. The number of methoxy groups -OCH3 is 1. The molecule has 1 rings (SSSR count). The maximum atomic E-state index is 12.6. The normalized spacial score (nSPS) is 20.6. The standard InChI is InChI=1S/C10H16F3NO2/c1-8(2,3)7(15)14-5-9(6-14,16-4)10(11,12)13/h5-6H2,1-4H3. The van der Waals surface area contributed by atoms with E-state index < -0.39 is 30.3 Å². The Morgan fingerprint density at radius 2 is 1.69 bits per heavy atom. The second-order valence-electron chi connectivity index (χ2n) is 5.11. The molecule has 0 aromatic carbocycles. The number of rotatable bonds is 1. The first kappa shape index (κ1) is 13.3.